The molecule has 0 unspecified atom stereocenters. The highest BCUT2D eigenvalue weighted by Crippen LogP contribution is 2.28. The number of amides is 1. The third kappa shape index (κ3) is 3.47. The van der Waals surface area contributed by atoms with Crippen LogP contribution in [0.3, 0.4) is 0 Å². The molecular formula is C15H21NO3. The number of phenols is 1. The molecule has 2 N–H and O–H groups in total. The zero-order valence-electron chi connectivity index (χ0n) is 11.5. The van der Waals surface area contributed by atoms with Gasteiger partial charge >= 0.3 is 0 Å². The van der Waals surface area contributed by atoms with Crippen molar-refractivity contribution in [1.82, 2.24) is 5.32 Å². The predicted molar refractivity (Wildman–Crippen MR) is 73.3 cm³/mol. The minimum absolute atomic E-state index is 0.0872. The Bertz CT molecular complexity index is 464. The van der Waals surface area contributed by atoms with Gasteiger partial charge in [-0.25, -0.2) is 0 Å². The van der Waals surface area contributed by atoms with Crippen LogP contribution >= 0.6 is 0 Å². The van der Waals surface area contributed by atoms with Gasteiger partial charge in [-0.1, -0.05) is 6.92 Å². The van der Waals surface area contributed by atoms with Crippen LogP contribution in [0.15, 0.2) is 18.2 Å². The molecule has 1 aliphatic heterocycles. The third-order valence-corrected chi connectivity index (χ3v) is 3.83. The van der Waals surface area contributed by atoms with Gasteiger partial charge < -0.3 is 15.2 Å². The molecule has 2 rings (SSSR count). The molecule has 1 heterocycles. The second-order valence-electron chi connectivity index (χ2n) is 5.61. The fourth-order valence-corrected chi connectivity index (χ4v) is 2.23. The van der Waals surface area contributed by atoms with E-state index >= 15 is 0 Å². The first-order valence-corrected chi connectivity index (χ1v) is 6.66. The molecule has 4 nitrogen and oxygen atoms in total. The van der Waals surface area contributed by atoms with Gasteiger partial charge in [0, 0.05) is 25.3 Å². The number of aromatic hydroxyl groups is 1. The van der Waals surface area contributed by atoms with Gasteiger partial charge in [0.25, 0.3) is 5.91 Å². The summed E-state index contributed by atoms with van der Waals surface area (Å²) in [6, 6.07) is 4.90. The van der Waals surface area contributed by atoms with Gasteiger partial charge in [-0.3, -0.25) is 4.79 Å². The number of phenolic OH excluding ortho intramolecular Hbond substituents is 1. The number of carbonyl (C=O) groups excluding carboxylic acids is 1. The normalized spacial score (nSPS) is 18.0. The van der Waals surface area contributed by atoms with Crippen LogP contribution in [0.2, 0.25) is 0 Å². The average molecular weight is 263 g/mol. The summed E-state index contributed by atoms with van der Waals surface area (Å²) < 4.78 is 5.34. The zero-order valence-corrected chi connectivity index (χ0v) is 11.5. The summed E-state index contributed by atoms with van der Waals surface area (Å²) >= 11 is 0. The van der Waals surface area contributed by atoms with Crippen molar-refractivity contribution < 1.29 is 14.6 Å². The largest absolute Gasteiger partial charge is 0.508 e. The lowest BCUT2D eigenvalue weighted by atomic mass is 9.82. The van der Waals surface area contributed by atoms with Gasteiger partial charge in [0.05, 0.1) is 0 Å². The summed E-state index contributed by atoms with van der Waals surface area (Å²) in [5.41, 5.74) is 1.43. The lowest BCUT2D eigenvalue weighted by molar-refractivity contribution is 0.0238. The van der Waals surface area contributed by atoms with Crippen molar-refractivity contribution >= 4 is 5.91 Å². The van der Waals surface area contributed by atoms with Crippen LogP contribution in [0.1, 0.15) is 35.7 Å². The Morgan fingerprint density at radius 1 is 1.42 bits per heavy atom. The van der Waals surface area contributed by atoms with Crippen LogP contribution in [0.5, 0.6) is 5.75 Å². The van der Waals surface area contributed by atoms with E-state index in [2.05, 4.69) is 12.2 Å². The highest BCUT2D eigenvalue weighted by atomic mass is 16.5. The Labute approximate surface area is 113 Å². The number of nitrogens with one attached hydrogen (secondary N) is 1. The first kappa shape index (κ1) is 13.9. The fourth-order valence-electron chi connectivity index (χ4n) is 2.23. The smallest absolute Gasteiger partial charge is 0.251 e. The Balaban J connectivity index is 1.95. The van der Waals surface area contributed by atoms with Crippen molar-refractivity contribution in [1.29, 1.82) is 0 Å². The molecule has 0 aliphatic carbocycles. The van der Waals surface area contributed by atoms with E-state index in [0.717, 1.165) is 26.1 Å². The Kier molecular flexibility index (Phi) is 4.10. The number of rotatable bonds is 3. The van der Waals surface area contributed by atoms with Crippen molar-refractivity contribution in [3.05, 3.63) is 29.3 Å². The molecule has 4 heteroatoms. The molecule has 1 fully saturated rings. The van der Waals surface area contributed by atoms with Crippen molar-refractivity contribution in [3.8, 4) is 5.75 Å². The molecule has 1 aromatic rings. The molecule has 0 bridgehead atoms. The molecule has 104 valence electrons. The lowest BCUT2D eigenvalue weighted by Crippen LogP contribution is -2.39. The number of hydrogen-bond acceptors (Lipinski definition) is 3. The number of hydrogen-bond donors (Lipinski definition) is 2. The van der Waals surface area contributed by atoms with Crippen molar-refractivity contribution in [2.75, 3.05) is 19.8 Å². The van der Waals surface area contributed by atoms with E-state index in [9.17, 15) is 9.90 Å². The number of aryl methyl sites for hydroxylation is 1. The minimum Gasteiger partial charge on any atom is -0.508 e. The van der Waals surface area contributed by atoms with Crippen LogP contribution in [-0.2, 0) is 4.74 Å². The monoisotopic (exact) mass is 263 g/mol. The van der Waals surface area contributed by atoms with Crippen LogP contribution < -0.4 is 5.32 Å². The first-order chi connectivity index (χ1) is 9.00. The van der Waals surface area contributed by atoms with E-state index in [1.54, 1.807) is 25.1 Å². The van der Waals surface area contributed by atoms with E-state index in [4.69, 9.17) is 4.74 Å². The quantitative estimate of drug-likeness (QED) is 0.879. The van der Waals surface area contributed by atoms with Gasteiger partial charge in [-0.05, 0) is 48.9 Å². The van der Waals surface area contributed by atoms with E-state index < -0.39 is 0 Å². The second kappa shape index (κ2) is 5.61. The molecule has 0 atom stereocenters. The topological polar surface area (TPSA) is 58.6 Å². The van der Waals surface area contributed by atoms with Crippen LogP contribution in [0.4, 0.5) is 0 Å². The molecule has 1 aromatic carbocycles. The van der Waals surface area contributed by atoms with Crippen molar-refractivity contribution in [2.45, 2.75) is 26.7 Å². The number of benzene rings is 1. The zero-order chi connectivity index (χ0) is 13.9. The summed E-state index contributed by atoms with van der Waals surface area (Å²) in [6.45, 7) is 6.16. The van der Waals surface area contributed by atoms with E-state index in [1.807, 2.05) is 0 Å². The summed E-state index contributed by atoms with van der Waals surface area (Å²) in [6.07, 6.45) is 1.95. The maximum absolute atomic E-state index is 12.1. The van der Waals surface area contributed by atoms with Crippen molar-refractivity contribution in [2.24, 2.45) is 5.41 Å². The predicted octanol–water partition coefficient (Wildman–Crippen LogP) is 2.25. The first-order valence-electron chi connectivity index (χ1n) is 6.66. The van der Waals surface area contributed by atoms with Gasteiger partial charge in [-0.15, -0.1) is 0 Å². The Hall–Kier alpha value is -1.55. The third-order valence-electron chi connectivity index (χ3n) is 3.83. The summed E-state index contributed by atoms with van der Waals surface area (Å²) in [4.78, 5) is 12.1. The summed E-state index contributed by atoms with van der Waals surface area (Å²) in [7, 11) is 0. The molecule has 1 aliphatic rings. The Morgan fingerprint density at radius 2 is 2.11 bits per heavy atom. The molecule has 1 amide bonds. The van der Waals surface area contributed by atoms with Crippen LogP contribution in [0.25, 0.3) is 0 Å². The highest BCUT2D eigenvalue weighted by Gasteiger charge is 2.27. The lowest BCUT2D eigenvalue weighted by Gasteiger charge is -2.33. The number of ether oxygens (including phenoxy) is 1. The molecular weight excluding hydrogens is 242 g/mol. The van der Waals surface area contributed by atoms with Gasteiger partial charge in [0.2, 0.25) is 0 Å². The van der Waals surface area contributed by atoms with E-state index in [1.165, 1.54) is 0 Å². The van der Waals surface area contributed by atoms with E-state index in [-0.39, 0.29) is 17.1 Å². The highest BCUT2D eigenvalue weighted by molar-refractivity contribution is 5.94. The average Bonchev–Trinajstić information content (AvgIpc) is 2.40. The van der Waals surface area contributed by atoms with Crippen molar-refractivity contribution in [3.63, 3.8) is 0 Å². The molecule has 0 radical (unpaired) electrons. The second-order valence-corrected chi connectivity index (χ2v) is 5.61. The maximum atomic E-state index is 12.1. The fraction of sp³-hybridized carbons (Fsp3) is 0.533. The standard InChI is InChI=1S/C15H21NO3/c1-11-9-12(3-4-13(11)17)14(18)16-10-15(2)5-7-19-8-6-15/h3-4,9,17H,5-8,10H2,1-2H3,(H,16,18). The van der Waals surface area contributed by atoms with E-state index in [0.29, 0.717) is 17.7 Å². The molecule has 0 spiro atoms. The molecule has 0 aromatic heterocycles. The van der Waals surface area contributed by atoms with Gasteiger partial charge in [-0.2, -0.15) is 0 Å². The number of carbonyl (C=O) groups is 1. The Morgan fingerprint density at radius 3 is 2.74 bits per heavy atom. The summed E-state index contributed by atoms with van der Waals surface area (Å²) in [5, 5.41) is 12.4. The minimum atomic E-state index is -0.0872. The van der Waals surface area contributed by atoms with Gasteiger partial charge in [0.1, 0.15) is 5.75 Å². The SMILES string of the molecule is Cc1cc(C(=O)NCC2(C)CCOCC2)ccc1O. The molecule has 1 saturated heterocycles. The van der Waals surface area contributed by atoms with Crippen LogP contribution in [-0.4, -0.2) is 30.8 Å². The summed E-state index contributed by atoms with van der Waals surface area (Å²) in [5.74, 6) is 0.128. The molecule has 19 heavy (non-hydrogen) atoms. The molecule has 0 saturated carbocycles. The van der Waals surface area contributed by atoms with Gasteiger partial charge in [0.15, 0.2) is 0 Å². The maximum Gasteiger partial charge on any atom is 0.251 e. The van der Waals surface area contributed by atoms with Crippen LogP contribution in [0, 0.1) is 12.3 Å².